The van der Waals surface area contributed by atoms with E-state index in [-0.39, 0.29) is 5.91 Å². The molecule has 0 spiro atoms. The van der Waals surface area contributed by atoms with Crippen molar-refractivity contribution >= 4 is 29.3 Å². The summed E-state index contributed by atoms with van der Waals surface area (Å²) in [5.74, 6) is 1.08. The third-order valence-corrected chi connectivity index (χ3v) is 5.23. The van der Waals surface area contributed by atoms with Gasteiger partial charge in [-0.25, -0.2) is 0 Å². The smallest absolute Gasteiger partial charge is 0.230 e. The van der Waals surface area contributed by atoms with Crippen LogP contribution in [0.15, 0.2) is 29.4 Å². The van der Waals surface area contributed by atoms with Crippen LogP contribution in [-0.2, 0) is 16.1 Å². The quantitative estimate of drug-likeness (QED) is 0.422. The number of hydrogen-bond donors (Lipinski definition) is 1. The second-order valence-electron chi connectivity index (χ2n) is 6.16. The van der Waals surface area contributed by atoms with Gasteiger partial charge in [0, 0.05) is 30.8 Å². The van der Waals surface area contributed by atoms with E-state index >= 15 is 0 Å². The lowest BCUT2D eigenvalue weighted by Crippen LogP contribution is -2.28. The molecule has 27 heavy (non-hydrogen) atoms. The zero-order valence-corrected chi connectivity index (χ0v) is 17.5. The van der Waals surface area contributed by atoms with Crippen LogP contribution in [0.3, 0.4) is 0 Å². The Bertz CT molecular complexity index is 706. The average Bonchev–Trinajstić information content (AvgIpc) is 3.07. The first-order valence-electron chi connectivity index (χ1n) is 9.23. The first kappa shape index (κ1) is 21.7. The van der Waals surface area contributed by atoms with E-state index in [0.717, 1.165) is 35.9 Å². The molecule has 0 aliphatic rings. The lowest BCUT2D eigenvalue weighted by molar-refractivity contribution is -0.118. The van der Waals surface area contributed by atoms with Crippen molar-refractivity contribution in [2.75, 3.05) is 26.0 Å². The highest BCUT2D eigenvalue weighted by Gasteiger charge is 2.15. The number of hydrogen-bond acceptors (Lipinski definition) is 5. The van der Waals surface area contributed by atoms with Gasteiger partial charge >= 0.3 is 0 Å². The lowest BCUT2D eigenvalue weighted by Gasteiger charge is -2.10. The Labute approximate surface area is 170 Å². The molecule has 0 aliphatic carbocycles. The van der Waals surface area contributed by atoms with Crippen molar-refractivity contribution in [1.29, 1.82) is 0 Å². The van der Waals surface area contributed by atoms with Gasteiger partial charge in [-0.15, -0.1) is 10.2 Å². The standard InChI is InChI=1S/C19H27ClN4O2S/c1-3-4-5-6-12-24-18(15-7-9-16(20)10-8-15)22-23-19(24)27-14-17(25)21-11-13-26-2/h7-10H,3-6,11-14H2,1-2H3,(H,21,25). The Morgan fingerprint density at radius 3 is 2.70 bits per heavy atom. The minimum Gasteiger partial charge on any atom is -0.383 e. The summed E-state index contributed by atoms with van der Waals surface area (Å²) in [4.78, 5) is 12.0. The van der Waals surface area contributed by atoms with Crippen LogP contribution in [0, 0.1) is 0 Å². The molecule has 0 saturated heterocycles. The maximum atomic E-state index is 12.0. The van der Waals surface area contributed by atoms with Gasteiger partial charge in [-0.05, 0) is 30.7 Å². The number of amides is 1. The number of thioether (sulfide) groups is 1. The second-order valence-corrected chi connectivity index (χ2v) is 7.54. The Morgan fingerprint density at radius 1 is 1.22 bits per heavy atom. The summed E-state index contributed by atoms with van der Waals surface area (Å²) in [6, 6.07) is 7.59. The lowest BCUT2D eigenvalue weighted by atomic mass is 10.2. The summed E-state index contributed by atoms with van der Waals surface area (Å²) >= 11 is 7.40. The monoisotopic (exact) mass is 410 g/mol. The minimum atomic E-state index is -0.0365. The van der Waals surface area contributed by atoms with Gasteiger partial charge in [-0.1, -0.05) is 49.5 Å². The van der Waals surface area contributed by atoms with Crippen LogP contribution < -0.4 is 5.32 Å². The number of nitrogens with one attached hydrogen (secondary N) is 1. The largest absolute Gasteiger partial charge is 0.383 e. The van der Waals surface area contributed by atoms with Crippen LogP contribution >= 0.6 is 23.4 Å². The fourth-order valence-electron chi connectivity index (χ4n) is 2.58. The van der Waals surface area contributed by atoms with E-state index < -0.39 is 0 Å². The third kappa shape index (κ3) is 7.16. The van der Waals surface area contributed by atoms with Crippen LogP contribution in [0.25, 0.3) is 11.4 Å². The molecule has 0 unspecified atom stereocenters. The van der Waals surface area contributed by atoms with Crippen LogP contribution in [0.1, 0.15) is 32.6 Å². The number of rotatable bonds is 12. The van der Waals surface area contributed by atoms with Gasteiger partial charge in [-0.3, -0.25) is 4.79 Å². The number of benzene rings is 1. The summed E-state index contributed by atoms with van der Waals surface area (Å²) in [5, 5.41) is 13.0. The van der Waals surface area contributed by atoms with Gasteiger partial charge in [0.15, 0.2) is 11.0 Å². The number of unbranched alkanes of at least 4 members (excludes halogenated alkanes) is 3. The van der Waals surface area contributed by atoms with E-state index in [1.807, 2.05) is 24.3 Å². The molecule has 1 N–H and O–H groups in total. The molecule has 0 aliphatic heterocycles. The van der Waals surface area contributed by atoms with Gasteiger partial charge in [0.05, 0.1) is 12.4 Å². The zero-order valence-electron chi connectivity index (χ0n) is 15.9. The molecule has 0 atom stereocenters. The molecule has 0 fully saturated rings. The second kappa shape index (κ2) is 12.0. The number of halogens is 1. The van der Waals surface area contributed by atoms with Crippen LogP contribution in [-0.4, -0.2) is 46.7 Å². The number of carbonyl (C=O) groups excluding carboxylic acids is 1. The third-order valence-electron chi connectivity index (χ3n) is 4.02. The molecule has 0 bridgehead atoms. The predicted octanol–water partition coefficient (Wildman–Crippen LogP) is 4.03. The molecule has 0 radical (unpaired) electrons. The van der Waals surface area contributed by atoms with Crippen molar-refractivity contribution < 1.29 is 9.53 Å². The fraction of sp³-hybridized carbons (Fsp3) is 0.526. The topological polar surface area (TPSA) is 69.0 Å². The Kier molecular flexibility index (Phi) is 9.66. The van der Waals surface area contributed by atoms with Gasteiger partial charge in [0.25, 0.3) is 0 Å². The normalized spacial score (nSPS) is 10.9. The predicted molar refractivity (Wildman–Crippen MR) is 110 cm³/mol. The van der Waals surface area contributed by atoms with Crippen LogP contribution in [0.2, 0.25) is 5.02 Å². The van der Waals surface area contributed by atoms with E-state index in [4.69, 9.17) is 16.3 Å². The molecule has 6 nitrogen and oxygen atoms in total. The number of aromatic nitrogens is 3. The minimum absolute atomic E-state index is 0.0365. The van der Waals surface area contributed by atoms with Crippen LogP contribution in [0.4, 0.5) is 0 Å². The van der Waals surface area contributed by atoms with Gasteiger partial charge in [0.1, 0.15) is 0 Å². The molecule has 2 rings (SSSR count). The summed E-state index contributed by atoms with van der Waals surface area (Å²) in [5.41, 5.74) is 0.971. The first-order chi connectivity index (χ1) is 13.2. The average molecular weight is 411 g/mol. The molecule has 8 heteroatoms. The SMILES string of the molecule is CCCCCCn1c(SCC(=O)NCCOC)nnc1-c1ccc(Cl)cc1. The molecule has 148 valence electrons. The summed E-state index contributed by atoms with van der Waals surface area (Å²) < 4.78 is 7.04. The van der Waals surface area contributed by atoms with Crippen molar-refractivity contribution in [2.45, 2.75) is 44.3 Å². The van der Waals surface area contributed by atoms with Crippen molar-refractivity contribution in [3.63, 3.8) is 0 Å². The zero-order chi connectivity index (χ0) is 19.5. The summed E-state index contributed by atoms with van der Waals surface area (Å²) in [6.07, 6.45) is 4.62. The summed E-state index contributed by atoms with van der Waals surface area (Å²) in [6.45, 7) is 4.04. The Hall–Kier alpha value is -1.57. The highest BCUT2D eigenvalue weighted by molar-refractivity contribution is 7.99. The number of ether oxygens (including phenoxy) is 1. The van der Waals surface area contributed by atoms with Crippen molar-refractivity contribution in [3.05, 3.63) is 29.3 Å². The van der Waals surface area contributed by atoms with Gasteiger partial charge < -0.3 is 14.6 Å². The Morgan fingerprint density at radius 2 is 2.00 bits per heavy atom. The maximum absolute atomic E-state index is 12.0. The van der Waals surface area contributed by atoms with E-state index in [9.17, 15) is 4.79 Å². The maximum Gasteiger partial charge on any atom is 0.230 e. The molecule has 1 aromatic heterocycles. The highest BCUT2D eigenvalue weighted by Crippen LogP contribution is 2.25. The van der Waals surface area contributed by atoms with Crippen molar-refractivity contribution in [1.82, 2.24) is 20.1 Å². The van der Waals surface area contributed by atoms with Crippen LogP contribution in [0.5, 0.6) is 0 Å². The molecular weight excluding hydrogens is 384 g/mol. The molecule has 1 heterocycles. The first-order valence-corrected chi connectivity index (χ1v) is 10.6. The molecule has 2 aromatic rings. The van der Waals surface area contributed by atoms with E-state index in [1.54, 1.807) is 7.11 Å². The number of carbonyl (C=O) groups is 1. The number of nitrogens with zero attached hydrogens (tertiary/aromatic N) is 3. The molecular formula is C19H27ClN4O2S. The van der Waals surface area contributed by atoms with Gasteiger partial charge in [0.2, 0.25) is 5.91 Å². The highest BCUT2D eigenvalue weighted by atomic mass is 35.5. The van der Waals surface area contributed by atoms with E-state index in [0.29, 0.717) is 23.9 Å². The Balaban J connectivity index is 2.08. The van der Waals surface area contributed by atoms with Crippen molar-refractivity contribution in [2.24, 2.45) is 0 Å². The summed E-state index contributed by atoms with van der Waals surface area (Å²) in [7, 11) is 1.61. The van der Waals surface area contributed by atoms with E-state index in [2.05, 4.69) is 27.0 Å². The molecule has 0 saturated carbocycles. The molecule has 1 amide bonds. The number of methoxy groups -OCH3 is 1. The molecule has 1 aromatic carbocycles. The fourth-order valence-corrected chi connectivity index (χ4v) is 3.50. The van der Waals surface area contributed by atoms with Gasteiger partial charge in [-0.2, -0.15) is 0 Å². The van der Waals surface area contributed by atoms with Crippen molar-refractivity contribution in [3.8, 4) is 11.4 Å². The van der Waals surface area contributed by atoms with E-state index in [1.165, 1.54) is 24.6 Å².